The van der Waals surface area contributed by atoms with Crippen LogP contribution in [0, 0.1) is 20.8 Å². The van der Waals surface area contributed by atoms with Crippen molar-refractivity contribution in [1.82, 2.24) is 9.97 Å². The molecule has 0 aliphatic heterocycles. The van der Waals surface area contributed by atoms with Crippen molar-refractivity contribution in [3.05, 3.63) is 46.0 Å². The number of hydrogen-bond acceptors (Lipinski definition) is 6. The number of aromatic nitrogens is 2. The lowest BCUT2D eigenvalue weighted by atomic mass is 10.1. The summed E-state index contributed by atoms with van der Waals surface area (Å²) in [5, 5.41) is 4.31. The minimum absolute atomic E-state index is 0.242. The number of nitrogens with two attached hydrogens (primary N) is 1. The maximum absolute atomic E-state index is 12.7. The van der Waals surface area contributed by atoms with Crippen LogP contribution in [0.5, 0.6) is 0 Å². The molecule has 7 heteroatoms. The molecule has 3 heterocycles. The van der Waals surface area contributed by atoms with Crippen molar-refractivity contribution in [2.75, 3.05) is 11.1 Å². The molecule has 0 radical (unpaired) electrons. The Hall–Kier alpha value is -2.51. The lowest BCUT2D eigenvalue weighted by Gasteiger charge is -2.01. The third-order valence-corrected chi connectivity index (χ3v) is 6.04. The van der Waals surface area contributed by atoms with Gasteiger partial charge in [0.05, 0.1) is 15.9 Å². The first-order valence-electron chi connectivity index (χ1n) is 7.77. The Balaban J connectivity index is 1.71. The highest BCUT2D eigenvalue weighted by molar-refractivity contribution is 7.23. The zero-order chi connectivity index (χ0) is 17.7. The molecule has 25 heavy (non-hydrogen) atoms. The lowest BCUT2D eigenvalue weighted by Crippen LogP contribution is -2.11. The molecular weight excluding hydrogens is 352 g/mol. The van der Waals surface area contributed by atoms with Crippen LogP contribution in [0.15, 0.2) is 24.3 Å². The highest BCUT2D eigenvalue weighted by atomic mass is 32.1. The van der Waals surface area contributed by atoms with Crippen LogP contribution in [-0.4, -0.2) is 15.9 Å². The fourth-order valence-corrected chi connectivity index (χ4v) is 4.84. The molecule has 0 aliphatic rings. The number of nitrogens with one attached hydrogen (secondary N) is 1. The van der Waals surface area contributed by atoms with E-state index in [0.717, 1.165) is 37.3 Å². The van der Waals surface area contributed by atoms with Gasteiger partial charge < -0.3 is 5.73 Å². The molecule has 0 saturated heterocycles. The Kier molecular flexibility index (Phi) is 3.70. The van der Waals surface area contributed by atoms with E-state index in [1.807, 2.05) is 45.0 Å². The molecule has 126 valence electrons. The maximum atomic E-state index is 12.7. The second-order valence-corrected chi connectivity index (χ2v) is 8.08. The summed E-state index contributed by atoms with van der Waals surface area (Å²) in [4.78, 5) is 23.0. The van der Waals surface area contributed by atoms with Crippen LogP contribution >= 0.6 is 22.7 Å². The van der Waals surface area contributed by atoms with Gasteiger partial charge in [0.2, 0.25) is 0 Å². The minimum Gasteiger partial charge on any atom is -0.397 e. The van der Waals surface area contributed by atoms with E-state index in [1.165, 1.54) is 22.7 Å². The highest BCUT2D eigenvalue weighted by Gasteiger charge is 2.20. The molecule has 1 amide bonds. The molecule has 0 bridgehead atoms. The monoisotopic (exact) mass is 368 g/mol. The van der Waals surface area contributed by atoms with Gasteiger partial charge in [0.15, 0.2) is 5.13 Å². The van der Waals surface area contributed by atoms with E-state index in [0.29, 0.717) is 15.7 Å². The number of aryl methyl sites for hydroxylation is 3. The third-order valence-electron chi connectivity index (χ3n) is 3.99. The Morgan fingerprint density at radius 2 is 1.92 bits per heavy atom. The number of nitrogen functional groups attached to an aromatic ring is 1. The van der Waals surface area contributed by atoms with Crippen LogP contribution in [-0.2, 0) is 0 Å². The second kappa shape index (κ2) is 5.79. The van der Waals surface area contributed by atoms with Gasteiger partial charge >= 0.3 is 0 Å². The van der Waals surface area contributed by atoms with Crippen LogP contribution in [0.25, 0.3) is 20.4 Å². The van der Waals surface area contributed by atoms with Gasteiger partial charge in [0.1, 0.15) is 9.71 Å². The summed E-state index contributed by atoms with van der Waals surface area (Å²) >= 11 is 2.77. The van der Waals surface area contributed by atoms with E-state index < -0.39 is 0 Å². The van der Waals surface area contributed by atoms with E-state index in [1.54, 1.807) is 0 Å². The summed E-state index contributed by atoms with van der Waals surface area (Å²) in [6.07, 6.45) is 0. The number of nitrogens with zero attached hydrogens (tertiary/aromatic N) is 2. The molecule has 0 fully saturated rings. The van der Waals surface area contributed by atoms with Gasteiger partial charge in [0.25, 0.3) is 5.91 Å². The van der Waals surface area contributed by atoms with Gasteiger partial charge in [-0.25, -0.2) is 9.97 Å². The summed E-state index contributed by atoms with van der Waals surface area (Å²) in [6, 6.07) is 8.03. The predicted molar refractivity (Wildman–Crippen MR) is 106 cm³/mol. The van der Waals surface area contributed by atoms with E-state index in [2.05, 4.69) is 15.3 Å². The average Bonchev–Trinajstić information content (AvgIpc) is 3.07. The van der Waals surface area contributed by atoms with Crippen molar-refractivity contribution in [1.29, 1.82) is 0 Å². The Labute approximate surface area is 152 Å². The highest BCUT2D eigenvalue weighted by Crippen LogP contribution is 2.36. The Bertz CT molecular complexity index is 1140. The van der Waals surface area contributed by atoms with Crippen molar-refractivity contribution in [2.24, 2.45) is 0 Å². The van der Waals surface area contributed by atoms with Gasteiger partial charge in [-0.15, -0.1) is 11.3 Å². The fraction of sp³-hybridized carbons (Fsp3) is 0.167. The molecule has 0 aliphatic carbocycles. The summed E-state index contributed by atoms with van der Waals surface area (Å²) in [5.41, 5.74) is 10.7. The van der Waals surface area contributed by atoms with Crippen molar-refractivity contribution >= 4 is 59.8 Å². The zero-order valence-electron chi connectivity index (χ0n) is 14.0. The fourth-order valence-electron chi connectivity index (χ4n) is 2.88. The number of rotatable bonds is 2. The molecule has 4 aromatic rings. The average molecular weight is 368 g/mol. The number of pyridine rings is 1. The van der Waals surface area contributed by atoms with Gasteiger partial charge in [-0.1, -0.05) is 17.4 Å². The van der Waals surface area contributed by atoms with Crippen LogP contribution in [0.4, 0.5) is 10.8 Å². The number of thiophene rings is 1. The summed E-state index contributed by atoms with van der Waals surface area (Å²) in [5.74, 6) is -0.242. The number of carbonyl (C=O) groups excluding carboxylic acids is 1. The molecule has 0 spiro atoms. The van der Waals surface area contributed by atoms with Crippen molar-refractivity contribution < 1.29 is 4.79 Å². The molecule has 1 aromatic carbocycles. The van der Waals surface area contributed by atoms with Gasteiger partial charge in [-0.2, -0.15) is 0 Å². The number of carbonyl (C=O) groups is 1. The first-order chi connectivity index (χ1) is 11.9. The normalized spacial score (nSPS) is 11.3. The predicted octanol–water partition coefficient (Wildman–Crippen LogP) is 4.67. The number of hydrogen-bond donors (Lipinski definition) is 2. The summed E-state index contributed by atoms with van der Waals surface area (Å²) in [7, 11) is 0. The van der Waals surface area contributed by atoms with E-state index in [-0.39, 0.29) is 5.91 Å². The molecule has 0 unspecified atom stereocenters. The number of anilines is 2. The Morgan fingerprint density at radius 1 is 1.12 bits per heavy atom. The number of thiazole rings is 1. The van der Waals surface area contributed by atoms with Crippen LogP contribution < -0.4 is 11.1 Å². The number of benzene rings is 1. The molecular formula is C18H16N4OS2. The largest absolute Gasteiger partial charge is 0.397 e. The first kappa shape index (κ1) is 16.0. The molecule has 0 atom stereocenters. The molecule has 0 saturated carbocycles. The quantitative estimate of drug-likeness (QED) is 0.539. The smallest absolute Gasteiger partial charge is 0.269 e. The molecule has 3 N–H and O–H groups in total. The summed E-state index contributed by atoms with van der Waals surface area (Å²) < 4.78 is 1.04. The van der Waals surface area contributed by atoms with Gasteiger partial charge in [0, 0.05) is 11.1 Å². The number of fused-ring (bicyclic) bond motifs is 2. The second-order valence-electron chi connectivity index (χ2n) is 6.05. The Morgan fingerprint density at radius 3 is 2.72 bits per heavy atom. The maximum Gasteiger partial charge on any atom is 0.269 e. The number of amides is 1. The van der Waals surface area contributed by atoms with E-state index in [9.17, 15) is 4.79 Å². The van der Waals surface area contributed by atoms with Gasteiger partial charge in [-0.05, 0) is 50.1 Å². The van der Waals surface area contributed by atoms with Crippen LogP contribution in [0.3, 0.4) is 0 Å². The third kappa shape index (κ3) is 2.75. The van der Waals surface area contributed by atoms with E-state index >= 15 is 0 Å². The minimum atomic E-state index is -0.242. The van der Waals surface area contributed by atoms with Crippen molar-refractivity contribution in [2.45, 2.75) is 20.8 Å². The zero-order valence-corrected chi connectivity index (χ0v) is 15.6. The standard InChI is InChI=1S/C18H16N4OS2/c1-8-4-5-12-11(6-8)21-18(24-12)22-16(23)15-14(19)13-9(2)7-10(3)20-17(13)25-15/h4-7H,19H2,1-3H3,(H,21,22,23). The SMILES string of the molecule is Cc1ccc2sc(NC(=O)c3sc4nc(C)cc(C)c4c3N)nc2c1. The lowest BCUT2D eigenvalue weighted by molar-refractivity contribution is 0.103. The topological polar surface area (TPSA) is 80.9 Å². The molecule has 4 rings (SSSR count). The van der Waals surface area contributed by atoms with Crippen molar-refractivity contribution in [3.63, 3.8) is 0 Å². The van der Waals surface area contributed by atoms with Crippen LogP contribution in [0.1, 0.15) is 26.5 Å². The van der Waals surface area contributed by atoms with Gasteiger partial charge in [-0.3, -0.25) is 10.1 Å². The molecule has 5 nitrogen and oxygen atoms in total. The van der Waals surface area contributed by atoms with E-state index in [4.69, 9.17) is 5.73 Å². The van der Waals surface area contributed by atoms with Crippen molar-refractivity contribution in [3.8, 4) is 0 Å². The summed E-state index contributed by atoms with van der Waals surface area (Å²) in [6.45, 7) is 5.94. The molecule has 3 aromatic heterocycles. The van der Waals surface area contributed by atoms with Crippen LogP contribution in [0.2, 0.25) is 0 Å². The first-order valence-corrected chi connectivity index (χ1v) is 9.40.